The van der Waals surface area contributed by atoms with Crippen molar-refractivity contribution in [1.82, 2.24) is 5.06 Å². The van der Waals surface area contributed by atoms with E-state index in [0.29, 0.717) is 5.70 Å². The number of benzene rings is 1. The zero-order chi connectivity index (χ0) is 12.4. The van der Waals surface area contributed by atoms with Crippen LogP contribution in [0.2, 0.25) is 0 Å². The van der Waals surface area contributed by atoms with Gasteiger partial charge in [-0.2, -0.15) is 10.2 Å². The van der Waals surface area contributed by atoms with Gasteiger partial charge in [-0.05, 0) is 30.2 Å². The number of hydroxylamine groups is 2. The molecule has 1 aliphatic rings. The van der Waals surface area contributed by atoms with E-state index < -0.39 is 0 Å². The van der Waals surface area contributed by atoms with E-state index in [4.69, 9.17) is 0 Å². The topological polar surface area (TPSA) is 48.2 Å². The van der Waals surface area contributed by atoms with Gasteiger partial charge in [0.15, 0.2) is 6.17 Å². The molecule has 0 radical (unpaired) electrons. The van der Waals surface area contributed by atoms with E-state index in [0.717, 1.165) is 10.6 Å². The molecule has 5 heteroatoms. The summed E-state index contributed by atoms with van der Waals surface area (Å²) in [7, 11) is 0. The molecule has 1 aliphatic heterocycles. The van der Waals surface area contributed by atoms with Crippen molar-refractivity contribution in [2.24, 2.45) is 16.1 Å². The molecule has 0 amide bonds. The average molecular weight is 235 g/mol. The average Bonchev–Trinajstić information content (AvgIpc) is 2.29. The van der Waals surface area contributed by atoms with Crippen molar-refractivity contribution in [3.05, 3.63) is 41.8 Å². The van der Waals surface area contributed by atoms with Gasteiger partial charge in [0, 0.05) is 5.56 Å². The quantitative estimate of drug-likeness (QED) is 0.855. The predicted molar refractivity (Wildman–Crippen MR) is 61.5 cm³/mol. The molecule has 4 nitrogen and oxygen atoms in total. The normalized spacial score (nSPS) is 19.7. The van der Waals surface area contributed by atoms with E-state index in [-0.39, 0.29) is 17.9 Å². The maximum absolute atomic E-state index is 12.8. The van der Waals surface area contributed by atoms with Gasteiger partial charge in [-0.15, -0.1) is 0 Å². The predicted octanol–water partition coefficient (Wildman–Crippen LogP) is 3.26. The molecule has 0 bridgehead atoms. The summed E-state index contributed by atoms with van der Waals surface area (Å²) < 4.78 is 12.8. The third kappa shape index (κ3) is 2.50. The largest absolute Gasteiger partial charge is 0.287 e. The van der Waals surface area contributed by atoms with Crippen molar-refractivity contribution in [3.8, 4) is 0 Å². The lowest BCUT2D eigenvalue weighted by molar-refractivity contribution is -0.0936. The Morgan fingerprint density at radius 2 is 1.94 bits per heavy atom. The van der Waals surface area contributed by atoms with Crippen LogP contribution in [-0.4, -0.2) is 16.4 Å². The van der Waals surface area contributed by atoms with Gasteiger partial charge >= 0.3 is 0 Å². The Balaban J connectivity index is 2.23. The van der Waals surface area contributed by atoms with Crippen molar-refractivity contribution < 1.29 is 9.60 Å². The molecule has 0 aromatic heterocycles. The summed E-state index contributed by atoms with van der Waals surface area (Å²) in [5, 5.41) is 18.9. The van der Waals surface area contributed by atoms with Crippen molar-refractivity contribution in [3.63, 3.8) is 0 Å². The third-order valence-electron chi connectivity index (χ3n) is 2.55. The molecule has 1 N–H and O–H groups in total. The van der Waals surface area contributed by atoms with Gasteiger partial charge in [-0.3, -0.25) is 5.21 Å². The molecule has 2 rings (SSSR count). The second-order valence-electron chi connectivity index (χ2n) is 4.27. The van der Waals surface area contributed by atoms with Crippen LogP contribution < -0.4 is 0 Å². The summed E-state index contributed by atoms with van der Waals surface area (Å²) in [6, 6.07) is 5.90. The Morgan fingerprint density at radius 3 is 2.47 bits per heavy atom. The van der Waals surface area contributed by atoms with E-state index in [2.05, 4.69) is 10.2 Å². The highest BCUT2D eigenvalue weighted by molar-refractivity contribution is 5.64. The van der Waals surface area contributed by atoms with E-state index in [1.165, 1.54) is 18.3 Å². The molecular weight excluding hydrogens is 221 g/mol. The summed E-state index contributed by atoms with van der Waals surface area (Å²) >= 11 is 0. The standard InChI is InChI=1S/C12H14FN3O/c1-8(2)12-15-14-11(7-16(12)17)9-3-5-10(13)6-4-9/h3-8,12,17H,1-2H3/t12-/m0/s1. The lowest BCUT2D eigenvalue weighted by atomic mass is 10.1. The molecule has 90 valence electrons. The monoisotopic (exact) mass is 235 g/mol. The minimum absolute atomic E-state index is 0.162. The fourth-order valence-corrected chi connectivity index (χ4v) is 1.59. The summed E-state index contributed by atoms with van der Waals surface area (Å²) in [5.41, 5.74) is 1.24. The second kappa shape index (κ2) is 4.63. The number of hydrogen-bond acceptors (Lipinski definition) is 4. The summed E-state index contributed by atoms with van der Waals surface area (Å²) in [6.45, 7) is 3.90. The third-order valence-corrected chi connectivity index (χ3v) is 2.55. The Hall–Kier alpha value is -1.75. The molecule has 1 atom stereocenters. The molecular formula is C12H14FN3O. The van der Waals surface area contributed by atoms with Crippen LogP contribution >= 0.6 is 0 Å². The van der Waals surface area contributed by atoms with E-state index >= 15 is 0 Å². The first-order valence-electron chi connectivity index (χ1n) is 5.44. The molecule has 0 saturated heterocycles. The Morgan fingerprint density at radius 1 is 1.29 bits per heavy atom. The van der Waals surface area contributed by atoms with E-state index in [1.54, 1.807) is 12.1 Å². The van der Waals surface area contributed by atoms with Crippen molar-refractivity contribution in [2.45, 2.75) is 20.0 Å². The Bertz CT molecular complexity index is 453. The summed E-state index contributed by atoms with van der Waals surface area (Å²) in [6.07, 6.45) is 1.14. The van der Waals surface area contributed by atoms with Crippen LogP contribution in [0.25, 0.3) is 5.70 Å². The number of hydrogen-bond donors (Lipinski definition) is 1. The fraction of sp³-hybridized carbons (Fsp3) is 0.333. The van der Waals surface area contributed by atoms with Gasteiger partial charge in [0.2, 0.25) is 0 Å². The van der Waals surface area contributed by atoms with Crippen molar-refractivity contribution in [2.75, 3.05) is 0 Å². The molecule has 1 aromatic carbocycles. The SMILES string of the molecule is CC(C)[C@H]1N=NC(c2ccc(F)cc2)=CN1O. The van der Waals surface area contributed by atoms with Crippen LogP contribution in [0.4, 0.5) is 4.39 Å². The van der Waals surface area contributed by atoms with Crippen LogP contribution in [-0.2, 0) is 0 Å². The summed E-state index contributed by atoms with van der Waals surface area (Å²) in [4.78, 5) is 0. The lowest BCUT2D eigenvalue weighted by Crippen LogP contribution is -2.32. The first kappa shape index (κ1) is 11.7. The van der Waals surface area contributed by atoms with E-state index in [1.807, 2.05) is 13.8 Å². The fourth-order valence-electron chi connectivity index (χ4n) is 1.59. The Labute approximate surface area is 99.0 Å². The smallest absolute Gasteiger partial charge is 0.168 e. The number of nitrogens with zero attached hydrogens (tertiary/aromatic N) is 3. The second-order valence-corrected chi connectivity index (χ2v) is 4.27. The molecule has 1 aromatic rings. The van der Waals surface area contributed by atoms with Crippen LogP contribution in [0.3, 0.4) is 0 Å². The van der Waals surface area contributed by atoms with Crippen LogP contribution in [0.5, 0.6) is 0 Å². The zero-order valence-electron chi connectivity index (χ0n) is 9.71. The lowest BCUT2D eigenvalue weighted by Gasteiger charge is -2.26. The van der Waals surface area contributed by atoms with Gasteiger partial charge in [-0.1, -0.05) is 13.8 Å². The van der Waals surface area contributed by atoms with Gasteiger partial charge in [0.05, 0.1) is 6.20 Å². The number of rotatable bonds is 2. The highest BCUT2D eigenvalue weighted by Gasteiger charge is 2.22. The maximum Gasteiger partial charge on any atom is 0.168 e. The molecule has 0 unspecified atom stereocenters. The van der Waals surface area contributed by atoms with Crippen LogP contribution in [0.15, 0.2) is 40.7 Å². The molecule has 0 saturated carbocycles. The minimum atomic E-state index is -0.362. The molecule has 0 fully saturated rings. The summed E-state index contributed by atoms with van der Waals surface area (Å²) in [5.74, 6) is -0.141. The first-order chi connectivity index (χ1) is 8.08. The van der Waals surface area contributed by atoms with Crippen molar-refractivity contribution in [1.29, 1.82) is 0 Å². The number of halogens is 1. The van der Waals surface area contributed by atoms with Gasteiger partial charge < -0.3 is 0 Å². The van der Waals surface area contributed by atoms with Crippen LogP contribution in [0, 0.1) is 11.7 Å². The van der Waals surface area contributed by atoms with Crippen LogP contribution in [0.1, 0.15) is 19.4 Å². The zero-order valence-corrected chi connectivity index (χ0v) is 9.71. The van der Waals surface area contributed by atoms with Gasteiger partial charge in [-0.25, -0.2) is 9.45 Å². The maximum atomic E-state index is 12.8. The molecule has 0 aliphatic carbocycles. The Kier molecular flexibility index (Phi) is 3.19. The highest BCUT2D eigenvalue weighted by Crippen LogP contribution is 2.25. The molecule has 0 spiro atoms. The first-order valence-corrected chi connectivity index (χ1v) is 5.44. The molecule has 17 heavy (non-hydrogen) atoms. The van der Waals surface area contributed by atoms with Crippen molar-refractivity contribution >= 4 is 5.70 Å². The highest BCUT2D eigenvalue weighted by atomic mass is 19.1. The number of azo groups is 1. The van der Waals surface area contributed by atoms with E-state index in [9.17, 15) is 9.60 Å². The van der Waals surface area contributed by atoms with Gasteiger partial charge in [0.1, 0.15) is 11.5 Å². The minimum Gasteiger partial charge on any atom is -0.287 e. The van der Waals surface area contributed by atoms with Gasteiger partial charge in [0.25, 0.3) is 0 Å². The molecule has 1 heterocycles.